The summed E-state index contributed by atoms with van der Waals surface area (Å²) in [5.41, 5.74) is 0.965. The van der Waals surface area contributed by atoms with Gasteiger partial charge in [-0.2, -0.15) is 0 Å². The van der Waals surface area contributed by atoms with Crippen molar-refractivity contribution in [2.45, 2.75) is 13.3 Å². The number of morpholine rings is 1. The van der Waals surface area contributed by atoms with E-state index in [4.69, 9.17) is 4.74 Å². The number of fused-ring (bicyclic) bond motifs is 1. The van der Waals surface area contributed by atoms with Crippen LogP contribution in [0.25, 0.3) is 10.2 Å². The van der Waals surface area contributed by atoms with Gasteiger partial charge in [-0.25, -0.2) is 9.97 Å². The van der Waals surface area contributed by atoms with Gasteiger partial charge >= 0.3 is 0 Å². The molecule has 1 saturated heterocycles. The van der Waals surface area contributed by atoms with E-state index in [2.05, 4.69) is 34.3 Å². The zero-order chi connectivity index (χ0) is 17.8. The zero-order valence-corrected chi connectivity index (χ0v) is 15.9. The fourth-order valence-corrected chi connectivity index (χ4v) is 4.04. The Kier molecular flexibility index (Phi) is 5.82. The number of hydrogen-bond donors (Lipinski definition) is 1. The minimum Gasteiger partial charge on any atom is -0.378 e. The van der Waals surface area contributed by atoms with E-state index in [1.54, 1.807) is 6.33 Å². The van der Waals surface area contributed by atoms with Gasteiger partial charge < -0.3 is 19.9 Å². The largest absolute Gasteiger partial charge is 0.378 e. The first-order valence-electron chi connectivity index (χ1n) is 8.57. The molecule has 1 fully saturated rings. The second kappa shape index (κ2) is 8.07. The maximum Gasteiger partial charge on any atom is 0.264 e. The van der Waals surface area contributed by atoms with Crippen LogP contribution in [0.1, 0.15) is 21.7 Å². The summed E-state index contributed by atoms with van der Waals surface area (Å²) in [6.45, 7) is 6.35. The number of rotatable bonds is 6. The molecular formula is C17H25N5O2S. The number of hydrogen-bond acceptors (Lipinski definition) is 7. The molecule has 8 heteroatoms. The lowest BCUT2D eigenvalue weighted by atomic mass is 10.2. The summed E-state index contributed by atoms with van der Waals surface area (Å²) in [7, 11) is 4.13. The second-order valence-electron chi connectivity index (χ2n) is 6.45. The molecule has 2 aromatic rings. The highest BCUT2D eigenvalue weighted by Gasteiger charge is 2.24. The van der Waals surface area contributed by atoms with Crippen LogP contribution in [0, 0.1) is 6.92 Å². The lowest BCUT2D eigenvalue weighted by Crippen LogP contribution is -2.40. The van der Waals surface area contributed by atoms with E-state index in [9.17, 15) is 4.79 Å². The Balaban J connectivity index is 1.81. The van der Waals surface area contributed by atoms with Crippen LogP contribution in [-0.4, -0.2) is 79.2 Å². The number of nitrogens with zero attached hydrogens (tertiary/aromatic N) is 4. The standard InChI is InChI=1S/C17H25N5O2S/c1-12-13-15(18-5-4-6-21(2)3)19-11-20-16(13)25-14(12)17(23)22-7-9-24-10-8-22/h11H,4-10H2,1-3H3,(H,18,19,20). The monoisotopic (exact) mass is 363 g/mol. The van der Waals surface area contributed by atoms with Crippen LogP contribution < -0.4 is 5.32 Å². The fraction of sp³-hybridized carbons (Fsp3) is 0.588. The third-order valence-electron chi connectivity index (χ3n) is 4.29. The van der Waals surface area contributed by atoms with Crippen molar-refractivity contribution in [1.82, 2.24) is 19.8 Å². The lowest BCUT2D eigenvalue weighted by Gasteiger charge is -2.26. The number of ether oxygens (including phenoxy) is 1. The molecule has 0 atom stereocenters. The van der Waals surface area contributed by atoms with Gasteiger partial charge in [-0.15, -0.1) is 11.3 Å². The Labute approximate surface area is 152 Å². The fourth-order valence-electron chi connectivity index (χ4n) is 2.92. The van der Waals surface area contributed by atoms with Gasteiger partial charge in [-0.1, -0.05) is 0 Å². The van der Waals surface area contributed by atoms with Crippen molar-refractivity contribution < 1.29 is 9.53 Å². The van der Waals surface area contributed by atoms with E-state index in [0.717, 1.165) is 46.0 Å². The molecule has 0 unspecified atom stereocenters. The quantitative estimate of drug-likeness (QED) is 0.790. The highest BCUT2D eigenvalue weighted by atomic mass is 32.1. The van der Waals surface area contributed by atoms with Gasteiger partial charge in [-0.3, -0.25) is 4.79 Å². The number of thiophene rings is 1. The topological polar surface area (TPSA) is 70.6 Å². The highest BCUT2D eigenvalue weighted by Crippen LogP contribution is 2.34. The number of carbonyl (C=O) groups excluding carboxylic acids is 1. The maximum absolute atomic E-state index is 12.8. The Morgan fingerprint density at radius 2 is 2.12 bits per heavy atom. The molecule has 1 N–H and O–H groups in total. The summed E-state index contributed by atoms with van der Waals surface area (Å²) in [6.07, 6.45) is 2.59. The van der Waals surface area contributed by atoms with Gasteiger partial charge in [0, 0.05) is 19.6 Å². The highest BCUT2D eigenvalue weighted by molar-refractivity contribution is 7.20. The summed E-state index contributed by atoms with van der Waals surface area (Å²) in [5.74, 6) is 0.890. The second-order valence-corrected chi connectivity index (χ2v) is 7.45. The van der Waals surface area contributed by atoms with Crippen LogP contribution in [-0.2, 0) is 4.74 Å². The molecule has 1 aliphatic heterocycles. The van der Waals surface area contributed by atoms with Crippen LogP contribution in [0.15, 0.2) is 6.33 Å². The molecule has 2 aromatic heterocycles. The Hall–Kier alpha value is -1.77. The van der Waals surface area contributed by atoms with Gasteiger partial charge in [0.2, 0.25) is 0 Å². The molecule has 136 valence electrons. The number of nitrogens with one attached hydrogen (secondary N) is 1. The van der Waals surface area contributed by atoms with Crippen molar-refractivity contribution in [3.8, 4) is 0 Å². The van der Waals surface area contributed by atoms with Gasteiger partial charge in [0.05, 0.1) is 23.5 Å². The molecule has 3 rings (SSSR count). The maximum atomic E-state index is 12.8. The molecule has 3 heterocycles. The molecular weight excluding hydrogens is 338 g/mol. The Bertz CT molecular complexity index is 740. The zero-order valence-electron chi connectivity index (χ0n) is 15.0. The van der Waals surface area contributed by atoms with Crippen molar-refractivity contribution in [2.24, 2.45) is 0 Å². The van der Waals surface area contributed by atoms with Crippen molar-refractivity contribution in [2.75, 3.05) is 58.8 Å². The predicted octanol–water partition coefficient (Wildman–Crippen LogP) is 1.84. The molecule has 7 nitrogen and oxygen atoms in total. The molecule has 0 radical (unpaired) electrons. The number of aryl methyl sites for hydroxylation is 1. The van der Waals surface area contributed by atoms with Crippen LogP contribution in [0.2, 0.25) is 0 Å². The molecule has 1 aliphatic rings. The Morgan fingerprint density at radius 1 is 1.36 bits per heavy atom. The molecule has 0 bridgehead atoms. The van der Waals surface area contributed by atoms with Crippen LogP contribution in [0.4, 0.5) is 5.82 Å². The first kappa shape index (κ1) is 18.0. The minimum absolute atomic E-state index is 0.0716. The Morgan fingerprint density at radius 3 is 2.84 bits per heavy atom. The first-order valence-corrected chi connectivity index (χ1v) is 9.39. The van der Waals surface area contributed by atoms with E-state index < -0.39 is 0 Å². The number of carbonyl (C=O) groups is 1. The number of aromatic nitrogens is 2. The van der Waals surface area contributed by atoms with E-state index >= 15 is 0 Å². The normalized spacial score (nSPS) is 15.1. The van der Waals surface area contributed by atoms with E-state index in [-0.39, 0.29) is 5.91 Å². The van der Waals surface area contributed by atoms with Crippen molar-refractivity contribution in [3.63, 3.8) is 0 Å². The van der Waals surface area contributed by atoms with Crippen LogP contribution in [0.3, 0.4) is 0 Å². The van der Waals surface area contributed by atoms with E-state index in [1.807, 2.05) is 11.8 Å². The van der Waals surface area contributed by atoms with Gasteiger partial charge in [0.15, 0.2) is 0 Å². The molecule has 0 saturated carbocycles. The summed E-state index contributed by atoms with van der Waals surface area (Å²) in [5, 5.41) is 4.37. The van der Waals surface area contributed by atoms with Crippen LogP contribution in [0.5, 0.6) is 0 Å². The summed E-state index contributed by atoms with van der Waals surface area (Å²) in [6, 6.07) is 0. The molecule has 1 amide bonds. The van der Waals surface area contributed by atoms with Crippen molar-refractivity contribution in [1.29, 1.82) is 0 Å². The summed E-state index contributed by atoms with van der Waals surface area (Å²) < 4.78 is 5.34. The third-order valence-corrected chi connectivity index (χ3v) is 5.48. The first-order chi connectivity index (χ1) is 12.1. The smallest absolute Gasteiger partial charge is 0.264 e. The molecule has 0 aromatic carbocycles. The molecule has 25 heavy (non-hydrogen) atoms. The number of anilines is 1. The average Bonchev–Trinajstić information content (AvgIpc) is 2.96. The van der Waals surface area contributed by atoms with Crippen molar-refractivity contribution >= 4 is 33.3 Å². The molecule has 0 aliphatic carbocycles. The molecule has 0 spiro atoms. The minimum atomic E-state index is 0.0716. The third kappa shape index (κ3) is 4.08. The van der Waals surface area contributed by atoms with E-state index in [0.29, 0.717) is 26.3 Å². The summed E-state index contributed by atoms with van der Waals surface area (Å²) >= 11 is 1.45. The number of amides is 1. The van der Waals surface area contributed by atoms with E-state index in [1.165, 1.54) is 11.3 Å². The van der Waals surface area contributed by atoms with Crippen molar-refractivity contribution in [3.05, 3.63) is 16.8 Å². The lowest BCUT2D eigenvalue weighted by molar-refractivity contribution is 0.0306. The van der Waals surface area contributed by atoms with Crippen LogP contribution >= 0.6 is 11.3 Å². The van der Waals surface area contributed by atoms with Gasteiger partial charge in [0.1, 0.15) is 17.0 Å². The van der Waals surface area contributed by atoms with Gasteiger partial charge in [0.25, 0.3) is 5.91 Å². The SMILES string of the molecule is Cc1c(C(=O)N2CCOCC2)sc2ncnc(NCCCN(C)C)c12. The van der Waals surface area contributed by atoms with Gasteiger partial charge in [-0.05, 0) is 39.5 Å². The average molecular weight is 363 g/mol. The predicted molar refractivity (Wildman–Crippen MR) is 101 cm³/mol. The summed E-state index contributed by atoms with van der Waals surface area (Å²) in [4.78, 5) is 27.2.